The van der Waals surface area contributed by atoms with Gasteiger partial charge in [0.2, 0.25) is 0 Å². The maximum Gasteiger partial charge on any atom is 0.147 e. The molecule has 0 saturated heterocycles. The molecule has 0 radical (unpaired) electrons. The Bertz CT molecular complexity index is 614. The summed E-state index contributed by atoms with van der Waals surface area (Å²) in [6.07, 6.45) is 3.57. The highest BCUT2D eigenvalue weighted by Crippen LogP contribution is 2.22. The number of aromatic nitrogens is 2. The predicted octanol–water partition coefficient (Wildman–Crippen LogP) is 2.60. The molecule has 0 bridgehead atoms. The van der Waals surface area contributed by atoms with Crippen LogP contribution in [0, 0.1) is 25.2 Å². The third-order valence-electron chi connectivity index (χ3n) is 2.94. The lowest BCUT2D eigenvalue weighted by Gasteiger charge is -2.20. The molecule has 0 aliphatic carbocycles. The van der Waals surface area contributed by atoms with Crippen LogP contribution in [0.3, 0.4) is 0 Å². The molecule has 0 N–H and O–H groups in total. The molecule has 0 unspecified atom stereocenters. The van der Waals surface area contributed by atoms with Crippen molar-refractivity contribution in [1.29, 1.82) is 5.26 Å². The van der Waals surface area contributed by atoms with Crippen LogP contribution in [0.25, 0.3) is 0 Å². The summed E-state index contributed by atoms with van der Waals surface area (Å²) in [5.74, 6) is 0.726. The van der Waals surface area contributed by atoms with Crippen LogP contribution >= 0.6 is 0 Å². The van der Waals surface area contributed by atoms with Crippen LogP contribution in [0.1, 0.15) is 22.4 Å². The minimum atomic E-state index is 0.636. The molecule has 96 valence electrons. The van der Waals surface area contributed by atoms with Gasteiger partial charge in [-0.25, -0.2) is 4.98 Å². The zero-order chi connectivity index (χ0) is 13.8. The van der Waals surface area contributed by atoms with Gasteiger partial charge >= 0.3 is 0 Å². The van der Waals surface area contributed by atoms with Crippen molar-refractivity contribution < 1.29 is 0 Å². The van der Waals surface area contributed by atoms with Gasteiger partial charge < -0.3 is 4.90 Å². The summed E-state index contributed by atoms with van der Waals surface area (Å²) in [5.41, 5.74) is 3.61. The van der Waals surface area contributed by atoms with Crippen molar-refractivity contribution in [2.24, 2.45) is 0 Å². The molecular formula is C15H16N4. The van der Waals surface area contributed by atoms with Crippen LogP contribution in [-0.2, 0) is 6.54 Å². The lowest BCUT2D eigenvalue weighted by Crippen LogP contribution is -2.20. The number of hydrogen-bond acceptors (Lipinski definition) is 4. The molecule has 19 heavy (non-hydrogen) atoms. The van der Waals surface area contributed by atoms with Gasteiger partial charge in [0.15, 0.2) is 0 Å². The number of nitrogens with zero attached hydrogens (tertiary/aromatic N) is 4. The Labute approximate surface area is 113 Å². The highest BCUT2D eigenvalue weighted by molar-refractivity contribution is 5.57. The fourth-order valence-electron chi connectivity index (χ4n) is 2.07. The average molecular weight is 252 g/mol. The van der Waals surface area contributed by atoms with Crippen LogP contribution in [0.5, 0.6) is 0 Å². The van der Waals surface area contributed by atoms with E-state index in [0.717, 1.165) is 22.6 Å². The highest BCUT2D eigenvalue weighted by atomic mass is 15.2. The largest absolute Gasteiger partial charge is 0.354 e. The summed E-state index contributed by atoms with van der Waals surface area (Å²) in [5, 5.41) is 9.28. The number of rotatable bonds is 3. The standard InChI is InChI=1S/C15H16N4/c1-11-7-12(2)18-15(14(11)8-16)19(3)10-13-5-4-6-17-9-13/h4-7,9H,10H2,1-3H3. The van der Waals surface area contributed by atoms with Crippen molar-refractivity contribution in [1.82, 2.24) is 9.97 Å². The zero-order valence-electron chi connectivity index (χ0n) is 11.4. The van der Waals surface area contributed by atoms with Crippen molar-refractivity contribution in [2.45, 2.75) is 20.4 Å². The van der Waals surface area contributed by atoms with E-state index < -0.39 is 0 Å². The molecule has 2 aromatic heterocycles. The number of anilines is 1. The quantitative estimate of drug-likeness (QED) is 0.842. The molecule has 0 fully saturated rings. The number of aryl methyl sites for hydroxylation is 2. The van der Waals surface area contributed by atoms with Gasteiger partial charge in [0.25, 0.3) is 0 Å². The fraction of sp³-hybridized carbons (Fsp3) is 0.267. The van der Waals surface area contributed by atoms with Crippen molar-refractivity contribution >= 4 is 5.82 Å². The summed E-state index contributed by atoms with van der Waals surface area (Å²) in [6.45, 7) is 4.56. The maximum absolute atomic E-state index is 9.28. The Morgan fingerprint density at radius 2 is 2.16 bits per heavy atom. The summed E-state index contributed by atoms with van der Waals surface area (Å²) < 4.78 is 0. The third kappa shape index (κ3) is 2.89. The second-order valence-electron chi connectivity index (χ2n) is 4.61. The van der Waals surface area contributed by atoms with Crippen LogP contribution < -0.4 is 4.90 Å². The first-order chi connectivity index (χ1) is 9.11. The topological polar surface area (TPSA) is 52.8 Å². The first-order valence-corrected chi connectivity index (χ1v) is 6.10. The lowest BCUT2D eigenvalue weighted by atomic mass is 10.1. The smallest absolute Gasteiger partial charge is 0.147 e. The summed E-state index contributed by atoms with van der Waals surface area (Å²) in [7, 11) is 1.94. The van der Waals surface area contributed by atoms with Gasteiger partial charge in [-0.1, -0.05) is 6.07 Å². The number of nitriles is 1. The van der Waals surface area contributed by atoms with Gasteiger partial charge in [-0.3, -0.25) is 4.98 Å². The zero-order valence-corrected chi connectivity index (χ0v) is 11.4. The minimum Gasteiger partial charge on any atom is -0.354 e. The summed E-state index contributed by atoms with van der Waals surface area (Å²) in [4.78, 5) is 10.6. The van der Waals surface area contributed by atoms with Crippen LogP contribution in [0.4, 0.5) is 5.82 Å². The Morgan fingerprint density at radius 1 is 1.37 bits per heavy atom. The molecule has 0 aromatic carbocycles. The average Bonchev–Trinajstić information content (AvgIpc) is 2.39. The molecule has 4 heteroatoms. The first-order valence-electron chi connectivity index (χ1n) is 6.10. The van der Waals surface area contributed by atoms with Gasteiger partial charge in [0.1, 0.15) is 11.9 Å². The van der Waals surface area contributed by atoms with Crippen LogP contribution in [0.15, 0.2) is 30.6 Å². The molecule has 2 rings (SSSR count). The first kappa shape index (κ1) is 13.0. The lowest BCUT2D eigenvalue weighted by molar-refractivity contribution is 0.881. The molecule has 2 heterocycles. The molecule has 0 spiro atoms. The molecule has 0 saturated carbocycles. The molecule has 4 nitrogen and oxygen atoms in total. The summed E-state index contributed by atoms with van der Waals surface area (Å²) in [6, 6.07) is 8.09. The SMILES string of the molecule is Cc1cc(C)c(C#N)c(N(C)Cc2cccnc2)n1. The van der Waals surface area contributed by atoms with Crippen molar-refractivity contribution in [3.8, 4) is 6.07 Å². The molecule has 2 aromatic rings. The third-order valence-corrected chi connectivity index (χ3v) is 2.94. The second-order valence-corrected chi connectivity index (χ2v) is 4.61. The fourth-order valence-corrected chi connectivity index (χ4v) is 2.07. The van der Waals surface area contributed by atoms with Crippen LogP contribution in [0.2, 0.25) is 0 Å². The van der Waals surface area contributed by atoms with E-state index in [1.54, 1.807) is 6.20 Å². The Morgan fingerprint density at radius 3 is 2.79 bits per heavy atom. The molecule has 0 amide bonds. The monoisotopic (exact) mass is 252 g/mol. The molecule has 0 aliphatic rings. The van der Waals surface area contributed by atoms with E-state index >= 15 is 0 Å². The van der Waals surface area contributed by atoms with Gasteiger partial charge in [-0.05, 0) is 37.1 Å². The van der Waals surface area contributed by atoms with E-state index in [0.29, 0.717) is 12.1 Å². The summed E-state index contributed by atoms with van der Waals surface area (Å²) >= 11 is 0. The molecule has 0 aliphatic heterocycles. The number of hydrogen-bond donors (Lipinski definition) is 0. The predicted molar refractivity (Wildman–Crippen MR) is 74.8 cm³/mol. The van der Waals surface area contributed by atoms with Gasteiger partial charge in [0.05, 0.1) is 5.56 Å². The molecule has 0 atom stereocenters. The normalized spacial score (nSPS) is 10.0. The Balaban J connectivity index is 2.34. The molecular weight excluding hydrogens is 236 g/mol. The second kappa shape index (κ2) is 5.49. The van der Waals surface area contributed by atoms with E-state index in [9.17, 15) is 5.26 Å². The van der Waals surface area contributed by atoms with E-state index in [-0.39, 0.29) is 0 Å². The van der Waals surface area contributed by atoms with Gasteiger partial charge in [0, 0.05) is 31.7 Å². The van der Waals surface area contributed by atoms with Gasteiger partial charge in [-0.2, -0.15) is 5.26 Å². The Hall–Kier alpha value is -2.41. The van der Waals surface area contributed by atoms with Crippen molar-refractivity contribution in [3.63, 3.8) is 0 Å². The van der Waals surface area contributed by atoms with E-state index in [4.69, 9.17) is 0 Å². The van der Waals surface area contributed by atoms with Gasteiger partial charge in [-0.15, -0.1) is 0 Å². The van der Waals surface area contributed by atoms with Crippen LogP contribution in [-0.4, -0.2) is 17.0 Å². The van der Waals surface area contributed by atoms with E-state index in [1.807, 2.05) is 50.2 Å². The highest BCUT2D eigenvalue weighted by Gasteiger charge is 2.13. The van der Waals surface area contributed by atoms with E-state index in [2.05, 4.69) is 16.0 Å². The van der Waals surface area contributed by atoms with Crippen molar-refractivity contribution in [2.75, 3.05) is 11.9 Å². The number of pyridine rings is 2. The van der Waals surface area contributed by atoms with E-state index in [1.165, 1.54) is 0 Å². The minimum absolute atomic E-state index is 0.636. The van der Waals surface area contributed by atoms with Crippen molar-refractivity contribution in [3.05, 3.63) is 53.0 Å². The Kier molecular flexibility index (Phi) is 3.76. The maximum atomic E-state index is 9.28.